The third-order valence-corrected chi connectivity index (χ3v) is 6.89. The van der Waals surface area contributed by atoms with Crippen molar-refractivity contribution < 1.29 is 18.7 Å². The highest BCUT2D eigenvalue weighted by atomic mass is 32.1. The van der Waals surface area contributed by atoms with Crippen molar-refractivity contribution in [3.8, 4) is 16.3 Å². The second-order valence-electron chi connectivity index (χ2n) is 8.93. The van der Waals surface area contributed by atoms with Gasteiger partial charge in [0, 0.05) is 36.5 Å². The van der Waals surface area contributed by atoms with E-state index < -0.39 is 0 Å². The van der Waals surface area contributed by atoms with Crippen molar-refractivity contribution >= 4 is 23.2 Å². The van der Waals surface area contributed by atoms with Crippen LogP contribution in [0.2, 0.25) is 0 Å². The molecule has 0 unspecified atom stereocenters. The van der Waals surface area contributed by atoms with Gasteiger partial charge in [0.1, 0.15) is 22.3 Å². The fourth-order valence-corrected chi connectivity index (χ4v) is 4.93. The lowest BCUT2D eigenvalue weighted by atomic mass is 9.95. The van der Waals surface area contributed by atoms with E-state index in [4.69, 9.17) is 4.74 Å². The van der Waals surface area contributed by atoms with E-state index in [1.54, 1.807) is 28.5 Å². The molecular formula is C27H30FN3O3S. The number of nitrogens with zero attached hydrogens (tertiary/aromatic N) is 2. The van der Waals surface area contributed by atoms with Crippen molar-refractivity contribution in [1.82, 2.24) is 15.2 Å². The van der Waals surface area contributed by atoms with Gasteiger partial charge in [-0.25, -0.2) is 9.37 Å². The van der Waals surface area contributed by atoms with Gasteiger partial charge >= 0.3 is 0 Å². The maximum Gasteiger partial charge on any atom is 0.273 e. The highest BCUT2D eigenvalue weighted by molar-refractivity contribution is 7.13. The molecule has 1 aromatic heterocycles. The first kappa shape index (κ1) is 24.9. The van der Waals surface area contributed by atoms with Crippen molar-refractivity contribution in [3.05, 3.63) is 71.0 Å². The number of halogens is 1. The minimum absolute atomic E-state index is 0.0331. The average molecular weight is 496 g/mol. The Balaban J connectivity index is 1.26. The summed E-state index contributed by atoms with van der Waals surface area (Å²) in [5.41, 5.74) is 1.96. The van der Waals surface area contributed by atoms with Crippen LogP contribution in [0.25, 0.3) is 10.6 Å². The first-order valence-electron chi connectivity index (χ1n) is 11.9. The molecule has 0 bridgehead atoms. The Morgan fingerprint density at radius 3 is 2.54 bits per heavy atom. The molecule has 2 heterocycles. The molecule has 3 aromatic rings. The van der Waals surface area contributed by atoms with E-state index in [1.807, 2.05) is 38.1 Å². The van der Waals surface area contributed by atoms with Crippen LogP contribution >= 0.6 is 11.3 Å². The summed E-state index contributed by atoms with van der Waals surface area (Å²) in [7, 11) is 0. The number of rotatable bonds is 8. The average Bonchev–Trinajstić information content (AvgIpc) is 3.35. The fraction of sp³-hybridized carbons (Fsp3) is 0.370. The Kier molecular flexibility index (Phi) is 8.13. The zero-order chi connectivity index (χ0) is 24.8. The zero-order valence-electron chi connectivity index (χ0n) is 20.0. The lowest BCUT2D eigenvalue weighted by Gasteiger charge is -2.31. The smallest absolute Gasteiger partial charge is 0.273 e. The van der Waals surface area contributed by atoms with Crippen molar-refractivity contribution in [2.24, 2.45) is 5.92 Å². The lowest BCUT2D eigenvalue weighted by molar-refractivity contribution is -0.126. The van der Waals surface area contributed by atoms with E-state index in [1.165, 1.54) is 17.4 Å². The molecule has 0 aliphatic carbocycles. The quantitative estimate of drug-likeness (QED) is 0.480. The van der Waals surface area contributed by atoms with Crippen molar-refractivity contribution in [3.63, 3.8) is 0 Å². The molecule has 0 spiro atoms. The Morgan fingerprint density at radius 2 is 1.86 bits per heavy atom. The van der Waals surface area contributed by atoms with Crippen LogP contribution in [0.3, 0.4) is 0 Å². The fourth-order valence-electron chi connectivity index (χ4n) is 4.13. The highest BCUT2D eigenvalue weighted by Gasteiger charge is 2.28. The number of ether oxygens (including phenoxy) is 1. The number of benzene rings is 2. The van der Waals surface area contributed by atoms with Gasteiger partial charge in [-0.15, -0.1) is 11.3 Å². The molecule has 1 aliphatic rings. The first-order valence-corrected chi connectivity index (χ1v) is 12.8. The number of thiazole rings is 1. The zero-order valence-corrected chi connectivity index (χ0v) is 20.8. The summed E-state index contributed by atoms with van der Waals surface area (Å²) in [6.07, 6.45) is 1.77. The van der Waals surface area contributed by atoms with Crippen LogP contribution in [0.4, 0.5) is 4.39 Å². The highest BCUT2D eigenvalue weighted by Crippen LogP contribution is 2.27. The topological polar surface area (TPSA) is 71.5 Å². The molecule has 1 aliphatic heterocycles. The molecule has 1 N–H and O–H groups in total. The summed E-state index contributed by atoms with van der Waals surface area (Å²) in [5.74, 6) is 0.267. The standard InChI is InChI=1S/C27H30FN3O3S/c1-18(2)34-22-9-7-21(8-10-22)26-30-24(17-35-26)27(33)31-15-12-20(13-16-31)25(32)29-14-11-19-5-3-4-6-23(19)28/h3-10,17-18,20H,11-16H2,1-2H3,(H,29,32). The number of hydrogen-bond donors (Lipinski definition) is 1. The lowest BCUT2D eigenvalue weighted by Crippen LogP contribution is -2.43. The van der Waals surface area contributed by atoms with Gasteiger partial charge in [-0.05, 0) is 69.0 Å². The number of nitrogens with one attached hydrogen (secondary N) is 1. The second-order valence-corrected chi connectivity index (χ2v) is 9.79. The number of aromatic nitrogens is 1. The summed E-state index contributed by atoms with van der Waals surface area (Å²) in [5, 5.41) is 5.49. The van der Waals surface area contributed by atoms with Crippen LogP contribution in [0, 0.1) is 11.7 Å². The number of amides is 2. The van der Waals surface area contributed by atoms with E-state index in [2.05, 4.69) is 10.3 Å². The van der Waals surface area contributed by atoms with Gasteiger partial charge in [0.15, 0.2) is 0 Å². The van der Waals surface area contributed by atoms with Gasteiger partial charge in [-0.1, -0.05) is 18.2 Å². The number of likely N-dealkylation sites (tertiary alicyclic amines) is 1. The first-order chi connectivity index (χ1) is 16.9. The predicted molar refractivity (Wildman–Crippen MR) is 135 cm³/mol. The Bertz CT molecular complexity index is 1150. The van der Waals surface area contributed by atoms with Gasteiger partial charge in [0.25, 0.3) is 5.91 Å². The van der Waals surface area contributed by atoms with Crippen LogP contribution in [0.5, 0.6) is 5.75 Å². The maximum atomic E-state index is 13.7. The molecule has 184 valence electrons. The normalized spacial score (nSPS) is 14.2. The van der Waals surface area contributed by atoms with Crippen molar-refractivity contribution in [2.75, 3.05) is 19.6 Å². The Labute approximate surface area is 209 Å². The summed E-state index contributed by atoms with van der Waals surface area (Å²) < 4.78 is 19.4. The van der Waals surface area contributed by atoms with Crippen molar-refractivity contribution in [2.45, 2.75) is 39.2 Å². The molecule has 4 rings (SSSR count). The van der Waals surface area contributed by atoms with Crippen LogP contribution < -0.4 is 10.1 Å². The van der Waals surface area contributed by atoms with Crippen molar-refractivity contribution in [1.29, 1.82) is 0 Å². The Hall–Kier alpha value is -3.26. The molecule has 2 aromatic carbocycles. The van der Waals surface area contributed by atoms with Gasteiger partial charge < -0.3 is 15.0 Å². The SMILES string of the molecule is CC(C)Oc1ccc(-c2nc(C(=O)N3CCC(C(=O)NCCc4ccccc4F)CC3)cs2)cc1. The van der Waals surface area contributed by atoms with Crippen LogP contribution in [0.1, 0.15) is 42.7 Å². The molecule has 8 heteroatoms. The predicted octanol–water partition coefficient (Wildman–Crippen LogP) is 4.95. The summed E-state index contributed by atoms with van der Waals surface area (Å²) >= 11 is 1.44. The second kappa shape index (κ2) is 11.4. The van der Waals surface area contributed by atoms with Gasteiger partial charge in [0.2, 0.25) is 5.91 Å². The van der Waals surface area contributed by atoms with E-state index in [0.717, 1.165) is 16.3 Å². The number of carbonyl (C=O) groups excluding carboxylic acids is 2. The summed E-state index contributed by atoms with van der Waals surface area (Å²) in [4.78, 5) is 31.8. The molecule has 0 saturated carbocycles. The maximum absolute atomic E-state index is 13.7. The van der Waals surface area contributed by atoms with E-state index in [-0.39, 0.29) is 29.7 Å². The molecule has 0 radical (unpaired) electrons. The van der Waals surface area contributed by atoms with Gasteiger partial charge in [-0.3, -0.25) is 9.59 Å². The van der Waals surface area contributed by atoms with E-state index in [0.29, 0.717) is 50.2 Å². The van der Waals surface area contributed by atoms with Crippen LogP contribution in [-0.2, 0) is 11.2 Å². The molecule has 1 fully saturated rings. The molecule has 0 atom stereocenters. The summed E-state index contributed by atoms with van der Waals surface area (Å²) in [6, 6.07) is 14.3. The van der Waals surface area contributed by atoms with E-state index in [9.17, 15) is 14.0 Å². The third kappa shape index (κ3) is 6.45. The van der Waals surface area contributed by atoms with E-state index >= 15 is 0 Å². The van der Waals surface area contributed by atoms with Crippen LogP contribution in [0.15, 0.2) is 53.9 Å². The Morgan fingerprint density at radius 1 is 1.14 bits per heavy atom. The number of hydrogen-bond acceptors (Lipinski definition) is 5. The molecule has 1 saturated heterocycles. The van der Waals surface area contributed by atoms with Gasteiger partial charge in [-0.2, -0.15) is 0 Å². The molecular weight excluding hydrogens is 465 g/mol. The largest absolute Gasteiger partial charge is 0.491 e. The minimum atomic E-state index is -0.254. The third-order valence-electron chi connectivity index (χ3n) is 6.00. The molecule has 35 heavy (non-hydrogen) atoms. The summed E-state index contributed by atoms with van der Waals surface area (Å²) in [6.45, 7) is 5.38. The molecule has 6 nitrogen and oxygen atoms in total. The minimum Gasteiger partial charge on any atom is -0.491 e. The number of piperidine rings is 1. The van der Waals surface area contributed by atoms with Crippen LogP contribution in [-0.4, -0.2) is 47.4 Å². The number of carbonyl (C=O) groups is 2. The monoisotopic (exact) mass is 495 g/mol. The van der Waals surface area contributed by atoms with Gasteiger partial charge in [0.05, 0.1) is 6.10 Å². The molecule has 2 amide bonds.